The van der Waals surface area contributed by atoms with Gasteiger partial charge in [0.15, 0.2) is 0 Å². The molecule has 3 nitrogen and oxygen atoms in total. The number of alkyl halides is 1. The number of hydrogen-bond donors (Lipinski definition) is 0. The molecule has 1 fully saturated rings. The predicted molar refractivity (Wildman–Crippen MR) is 75.9 cm³/mol. The number of rotatable bonds is 5. The van der Waals surface area contributed by atoms with E-state index in [0.717, 1.165) is 37.0 Å². The lowest BCUT2D eigenvalue weighted by Gasteiger charge is -2.22. The van der Waals surface area contributed by atoms with Gasteiger partial charge in [0.2, 0.25) is 0 Å². The van der Waals surface area contributed by atoms with Crippen LogP contribution in [0.2, 0.25) is 0 Å². The third-order valence-corrected chi connectivity index (χ3v) is 7.16. The highest BCUT2D eigenvalue weighted by Gasteiger charge is 2.30. The fourth-order valence-electron chi connectivity index (χ4n) is 2.33. The van der Waals surface area contributed by atoms with Crippen LogP contribution in [0.1, 0.15) is 30.6 Å². The van der Waals surface area contributed by atoms with Gasteiger partial charge in [-0.2, -0.15) is 4.31 Å². The van der Waals surface area contributed by atoms with Crippen LogP contribution in [0.5, 0.6) is 0 Å². The van der Waals surface area contributed by atoms with Crippen molar-refractivity contribution in [3.63, 3.8) is 0 Å². The maximum atomic E-state index is 12.4. The normalized spacial score (nSPS) is 17.7. The number of aryl methyl sites for hydroxylation is 1. The van der Waals surface area contributed by atoms with Gasteiger partial charge in [-0.3, -0.25) is 0 Å². The molecule has 1 aliphatic carbocycles. The van der Waals surface area contributed by atoms with Crippen LogP contribution in [-0.2, 0) is 16.4 Å². The van der Waals surface area contributed by atoms with Crippen LogP contribution in [0.4, 0.5) is 0 Å². The summed E-state index contributed by atoms with van der Waals surface area (Å²) in [7, 11) is -1.61. The first kappa shape index (κ1) is 14.3. The zero-order valence-corrected chi connectivity index (χ0v) is 12.8. The van der Waals surface area contributed by atoms with Crippen LogP contribution in [0.15, 0.2) is 16.3 Å². The Balaban J connectivity index is 2.18. The summed E-state index contributed by atoms with van der Waals surface area (Å²) >= 11 is 7.01. The molecule has 0 radical (unpaired) electrons. The predicted octanol–water partition coefficient (Wildman–Crippen LogP) is 3.09. The van der Waals surface area contributed by atoms with Crippen molar-refractivity contribution in [3.05, 3.63) is 17.0 Å². The maximum Gasteiger partial charge on any atom is 0.252 e. The van der Waals surface area contributed by atoms with Crippen LogP contribution in [-0.4, -0.2) is 31.7 Å². The van der Waals surface area contributed by atoms with Gasteiger partial charge in [0, 0.05) is 23.8 Å². The van der Waals surface area contributed by atoms with Crippen molar-refractivity contribution in [2.24, 2.45) is 0 Å². The Morgan fingerprint density at radius 3 is 2.67 bits per heavy atom. The van der Waals surface area contributed by atoms with E-state index in [4.69, 9.17) is 11.6 Å². The Morgan fingerprint density at radius 1 is 1.39 bits per heavy atom. The molecule has 1 heterocycles. The summed E-state index contributed by atoms with van der Waals surface area (Å²) in [5.41, 5.74) is 0. The minimum Gasteiger partial charge on any atom is -0.206 e. The van der Waals surface area contributed by atoms with E-state index >= 15 is 0 Å². The summed E-state index contributed by atoms with van der Waals surface area (Å²) in [5, 5.41) is 0. The lowest BCUT2D eigenvalue weighted by molar-refractivity contribution is 0.374. The van der Waals surface area contributed by atoms with Crippen molar-refractivity contribution in [1.29, 1.82) is 0 Å². The zero-order chi connectivity index (χ0) is 13.2. The van der Waals surface area contributed by atoms with Crippen LogP contribution in [0.25, 0.3) is 0 Å². The third-order valence-electron chi connectivity index (χ3n) is 3.45. The molecule has 102 valence electrons. The first-order valence-corrected chi connectivity index (χ1v) is 8.97. The van der Waals surface area contributed by atoms with Crippen molar-refractivity contribution in [3.8, 4) is 0 Å². The van der Waals surface area contributed by atoms with Crippen molar-refractivity contribution in [2.45, 2.75) is 42.4 Å². The van der Waals surface area contributed by atoms with Gasteiger partial charge in [-0.05, 0) is 31.4 Å². The average molecular weight is 308 g/mol. The molecule has 0 aromatic carbocycles. The van der Waals surface area contributed by atoms with Crippen LogP contribution >= 0.6 is 22.9 Å². The number of sulfonamides is 1. The molecule has 0 bridgehead atoms. The van der Waals surface area contributed by atoms with E-state index in [1.165, 1.54) is 11.3 Å². The van der Waals surface area contributed by atoms with Crippen molar-refractivity contribution < 1.29 is 8.42 Å². The summed E-state index contributed by atoms with van der Waals surface area (Å²) in [6.45, 7) is 0. The summed E-state index contributed by atoms with van der Waals surface area (Å²) in [6, 6.07) is 3.74. The fourth-order valence-corrected chi connectivity index (χ4v) is 5.60. The minimum absolute atomic E-state index is 0.175. The molecule has 1 aromatic rings. The van der Waals surface area contributed by atoms with E-state index in [2.05, 4.69) is 0 Å². The Morgan fingerprint density at radius 2 is 2.06 bits per heavy atom. The second kappa shape index (κ2) is 5.90. The monoisotopic (exact) mass is 307 g/mol. The zero-order valence-electron chi connectivity index (χ0n) is 10.4. The molecule has 0 saturated heterocycles. The summed E-state index contributed by atoms with van der Waals surface area (Å²) in [5.74, 6) is 0.526. The SMILES string of the molecule is CN(C1CCCC1)S(=O)(=O)c1ccc(CCCl)s1. The molecule has 0 aliphatic heterocycles. The largest absolute Gasteiger partial charge is 0.252 e. The quantitative estimate of drug-likeness (QED) is 0.784. The van der Waals surface area contributed by atoms with Crippen LogP contribution < -0.4 is 0 Å². The molecule has 1 aromatic heterocycles. The van der Waals surface area contributed by atoms with Crippen LogP contribution in [0, 0.1) is 0 Å². The number of nitrogens with zero attached hydrogens (tertiary/aromatic N) is 1. The highest BCUT2D eigenvalue weighted by Crippen LogP contribution is 2.30. The Labute approximate surface area is 118 Å². The standard InChI is InChI=1S/C12H18ClNO2S2/c1-14(10-4-2-3-5-10)18(15,16)12-7-6-11(17-12)8-9-13/h6-7,10H,2-5,8-9H2,1H3. The van der Waals surface area contributed by atoms with Gasteiger partial charge in [-0.15, -0.1) is 22.9 Å². The van der Waals surface area contributed by atoms with E-state index in [9.17, 15) is 8.42 Å². The van der Waals surface area contributed by atoms with Crippen molar-refractivity contribution in [2.75, 3.05) is 12.9 Å². The fraction of sp³-hybridized carbons (Fsp3) is 0.667. The van der Waals surface area contributed by atoms with Crippen molar-refractivity contribution >= 4 is 33.0 Å². The Hall–Kier alpha value is -0.100. The molecule has 1 saturated carbocycles. The van der Waals surface area contributed by atoms with Gasteiger partial charge in [-0.1, -0.05) is 12.8 Å². The first-order valence-electron chi connectivity index (χ1n) is 6.18. The minimum atomic E-state index is -3.31. The number of thiophene rings is 1. The van der Waals surface area contributed by atoms with Gasteiger partial charge in [0.1, 0.15) is 4.21 Å². The van der Waals surface area contributed by atoms with Gasteiger partial charge in [0.05, 0.1) is 0 Å². The van der Waals surface area contributed by atoms with Crippen LogP contribution in [0.3, 0.4) is 0 Å². The van der Waals surface area contributed by atoms with E-state index in [1.807, 2.05) is 6.07 Å². The Kier molecular flexibility index (Phi) is 4.69. The molecule has 0 unspecified atom stereocenters. The summed E-state index contributed by atoms with van der Waals surface area (Å²) in [4.78, 5) is 1.03. The van der Waals surface area contributed by atoms with Gasteiger partial charge >= 0.3 is 0 Å². The van der Waals surface area contributed by atoms with E-state index < -0.39 is 10.0 Å². The van der Waals surface area contributed by atoms with E-state index in [1.54, 1.807) is 17.4 Å². The summed E-state index contributed by atoms with van der Waals surface area (Å²) < 4.78 is 26.9. The topological polar surface area (TPSA) is 37.4 Å². The molecule has 0 amide bonds. The van der Waals surface area contributed by atoms with Gasteiger partial charge < -0.3 is 0 Å². The highest BCUT2D eigenvalue weighted by molar-refractivity contribution is 7.91. The van der Waals surface area contributed by atoms with E-state index in [-0.39, 0.29) is 6.04 Å². The summed E-state index contributed by atoms with van der Waals surface area (Å²) in [6.07, 6.45) is 4.96. The second-order valence-electron chi connectivity index (χ2n) is 4.62. The van der Waals surface area contributed by atoms with Gasteiger partial charge in [0.25, 0.3) is 10.0 Å². The second-order valence-corrected chi connectivity index (χ2v) is 8.39. The molecular formula is C12H18ClNO2S2. The van der Waals surface area contributed by atoms with Gasteiger partial charge in [-0.25, -0.2) is 8.42 Å². The molecule has 2 rings (SSSR count). The molecule has 0 N–H and O–H groups in total. The lowest BCUT2D eigenvalue weighted by atomic mass is 10.3. The van der Waals surface area contributed by atoms with Crippen molar-refractivity contribution in [1.82, 2.24) is 4.31 Å². The lowest BCUT2D eigenvalue weighted by Crippen LogP contribution is -2.34. The number of hydrogen-bond acceptors (Lipinski definition) is 3. The molecule has 18 heavy (non-hydrogen) atoms. The maximum absolute atomic E-state index is 12.4. The smallest absolute Gasteiger partial charge is 0.206 e. The molecule has 6 heteroatoms. The first-order chi connectivity index (χ1) is 8.55. The molecule has 0 spiro atoms. The van der Waals surface area contributed by atoms with E-state index in [0.29, 0.717) is 10.1 Å². The number of halogens is 1. The third kappa shape index (κ3) is 2.90. The molecule has 1 aliphatic rings. The average Bonchev–Trinajstić information content (AvgIpc) is 2.99. The molecule has 0 atom stereocenters. The molecular weight excluding hydrogens is 290 g/mol. The Bertz CT molecular complexity index is 492. The highest BCUT2D eigenvalue weighted by atomic mass is 35.5.